The van der Waals surface area contributed by atoms with Crippen LogP contribution in [0.25, 0.3) is 0 Å². The Morgan fingerprint density at radius 1 is 0.818 bits per heavy atom. The van der Waals surface area contributed by atoms with Gasteiger partial charge < -0.3 is 0 Å². The third-order valence-corrected chi connectivity index (χ3v) is 5.68. The van der Waals surface area contributed by atoms with Crippen molar-refractivity contribution < 1.29 is 0 Å². The van der Waals surface area contributed by atoms with Crippen molar-refractivity contribution in [3.8, 4) is 0 Å². The lowest BCUT2D eigenvalue weighted by molar-refractivity contribution is 0.245. The van der Waals surface area contributed by atoms with Gasteiger partial charge >= 0.3 is 0 Å². The highest BCUT2D eigenvalue weighted by atomic mass is 35.5. The summed E-state index contributed by atoms with van der Waals surface area (Å²) in [5.41, 5.74) is 1.43. The van der Waals surface area contributed by atoms with Gasteiger partial charge in [-0.05, 0) is 42.4 Å². The lowest BCUT2D eigenvalue weighted by Crippen LogP contribution is -2.14. The summed E-state index contributed by atoms with van der Waals surface area (Å²) in [7, 11) is 0. The minimum absolute atomic E-state index is 0.847. The molecule has 2 rings (SSSR count). The van der Waals surface area contributed by atoms with Crippen molar-refractivity contribution in [2.24, 2.45) is 11.8 Å². The quantitative estimate of drug-likeness (QED) is 0.415. The van der Waals surface area contributed by atoms with Crippen LogP contribution in [0.1, 0.15) is 83.1 Å². The zero-order chi connectivity index (χ0) is 15.6. The zero-order valence-corrected chi connectivity index (χ0v) is 15.1. The van der Waals surface area contributed by atoms with Gasteiger partial charge in [0, 0.05) is 5.02 Å². The highest BCUT2D eigenvalue weighted by molar-refractivity contribution is 6.30. The maximum absolute atomic E-state index is 5.93. The molecule has 0 saturated heterocycles. The van der Waals surface area contributed by atoms with Crippen LogP contribution in [0.5, 0.6) is 0 Å². The molecule has 1 aromatic rings. The van der Waals surface area contributed by atoms with E-state index in [1.165, 1.54) is 82.6 Å². The Labute approximate surface area is 142 Å². The van der Waals surface area contributed by atoms with E-state index in [0.29, 0.717) is 0 Å². The summed E-state index contributed by atoms with van der Waals surface area (Å²) in [4.78, 5) is 0. The van der Waals surface area contributed by atoms with E-state index in [1.54, 1.807) is 0 Å². The molecule has 0 unspecified atom stereocenters. The van der Waals surface area contributed by atoms with Gasteiger partial charge in [-0.3, -0.25) is 0 Å². The number of benzene rings is 1. The van der Waals surface area contributed by atoms with Gasteiger partial charge in [0.15, 0.2) is 0 Å². The lowest BCUT2D eigenvalue weighted by Gasteiger charge is -2.28. The average molecular weight is 321 g/mol. The summed E-state index contributed by atoms with van der Waals surface area (Å²) < 4.78 is 0. The highest BCUT2D eigenvalue weighted by Gasteiger charge is 2.20. The normalized spacial score (nSPS) is 21.9. The van der Waals surface area contributed by atoms with Crippen molar-refractivity contribution in [3.63, 3.8) is 0 Å². The van der Waals surface area contributed by atoms with E-state index < -0.39 is 0 Å². The molecule has 0 amide bonds. The van der Waals surface area contributed by atoms with Gasteiger partial charge in [0.25, 0.3) is 0 Å². The maximum atomic E-state index is 5.93. The molecular formula is C21H33Cl. The molecule has 1 aliphatic carbocycles. The van der Waals surface area contributed by atoms with Crippen molar-refractivity contribution in [2.45, 2.75) is 84.0 Å². The van der Waals surface area contributed by atoms with Crippen LogP contribution in [0.4, 0.5) is 0 Å². The molecule has 1 heteroatoms. The first-order valence-corrected chi connectivity index (χ1v) is 9.90. The summed E-state index contributed by atoms with van der Waals surface area (Å²) in [5.74, 6) is 2.07. The summed E-state index contributed by atoms with van der Waals surface area (Å²) in [5, 5.41) is 0.847. The number of rotatable bonds is 9. The summed E-state index contributed by atoms with van der Waals surface area (Å²) in [6, 6.07) is 8.36. The summed E-state index contributed by atoms with van der Waals surface area (Å²) in [6.45, 7) is 2.31. The molecule has 0 nitrogen and oxygen atoms in total. The largest absolute Gasteiger partial charge is 0.0843 e. The van der Waals surface area contributed by atoms with Crippen molar-refractivity contribution in [1.29, 1.82) is 0 Å². The van der Waals surface area contributed by atoms with E-state index in [9.17, 15) is 0 Å². The van der Waals surface area contributed by atoms with Gasteiger partial charge in [-0.15, -0.1) is 0 Å². The molecule has 1 aromatic carbocycles. The van der Waals surface area contributed by atoms with Gasteiger partial charge in [-0.25, -0.2) is 0 Å². The molecule has 124 valence electrons. The third kappa shape index (κ3) is 6.73. The van der Waals surface area contributed by atoms with Crippen LogP contribution in [-0.4, -0.2) is 0 Å². The van der Waals surface area contributed by atoms with E-state index in [-0.39, 0.29) is 0 Å². The molecule has 0 bridgehead atoms. The molecule has 22 heavy (non-hydrogen) atoms. The van der Waals surface area contributed by atoms with E-state index in [1.807, 2.05) is 12.1 Å². The second kappa shape index (κ2) is 10.3. The molecule has 1 aliphatic rings. The van der Waals surface area contributed by atoms with Gasteiger partial charge in [0.1, 0.15) is 0 Å². The average Bonchev–Trinajstić information content (AvgIpc) is 2.55. The van der Waals surface area contributed by atoms with Crippen LogP contribution in [0.15, 0.2) is 24.3 Å². The predicted octanol–water partition coefficient (Wildman–Crippen LogP) is 7.44. The first-order chi connectivity index (χ1) is 10.8. The van der Waals surface area contributed by atoms with Crippen LogP contribution in [0.3, 0.4) is 0 Å². The Hall–Kier alpha value is -0.490. The Bertz CT molecular complexity index is 387. The molecule has 1 fully saturated rings. The minimum atomic E-state index is 0.847. The molecule has 0 N–H and O–H groups in total. The summed E-state index contributed by atoms with van der Waals surface area (Å²) in [6.07, 6.45) is 17.2. The number of hydrogen-bond acceptors (Lipinski definition) is 0. The molecule has 1 saturated carbocycles. The molecule has 0 heterocycles. The second-order valence-electron chi connectivity index (χ2n) is 7.25. The van der Waals surface area contributed by atoms with Crippen molar-refractivity contribution in [3.05, 3.63) is 34.9 Å². The zero-order valence-electron chi connectivity index (χ0n) is 14.3. The highest BCUT2D eigenvalue weighted by Crippen LogP contribution is 2.34. The van der Waals surface area contributed by atoms with Crippen molar-refractivity contribution in [2.75, 3.05) is 0 Å². The first kappa shape index (κ1) is 17.9. The van der Waals surface area contributed by atoms with Crippen LogP contribution in [-0.2, 0) is 6.42 Å². The smallest absolute Gasteiger partial charge is 0.0406 e. The van der Waals surface area contributed by atoms with Gasteiger partial charge in [-0.1, -0.05) is 94.9 Å². The Morgan fingerprint density at radius 3 is 1.91 bits per heavy atom. The number of unbranched alkanes of at least 4 members (excludes halogenated alkanes) is 3. The SMILES string of the molecule is CCCCCC1CCC(CCCCc2ccc(Cl)cc2)CC1. The lowest BCUT2D eigenvalue weighted by atomic mass is 9.78. The fourth-order valence-corrected chi connectivity index (χ4v) is 4.03. The van der Waals surface area contributed by atoms with E-state index in [0.717, 1.165) is 16.9 Å². The van der Waals surface area contributed by atoms with Crippen LogP contribution < -0.4 is 0 Å². The van der Waals surface area contributed by atoms with Crippen LogP contribution in [0.2, 0.25) is 5.02 Å². The Kier molecular flexibility index (Phi) is 8.37. The molecule has 0 aliphatic heterocycles. The fourth-order valence-electron chi connectivity index (χ4n) is 3.91. The molecule has 0 spiro atoms. The van der Waals surface area contributed by atoms with Crippen molar-refractivity contribution in [1.82, 2.24) is 0 Å². The molecule has 0 radical (unpaired) electrons. The topological polar surface area (TPSA) is 0 Å². The van der Waals surface area contributed by atoms with Crippen LogP contribution in [0, 0.1) is 11.8 Å². The minimum Gasteiger partial charge on any atom is -0.0843 e. The van der Waals surface area contributed by atoms with Gasteiger partial charge in [-0.2, -0.15) is 0 Å². The van der Waals surface area contributed by atoms with Gasteiger partial charge in [0.05, 0.1) is 0 Å². The second-order valence-corrected chi connectivity index (χ2v) is 7.69. The third-order valence-electron chi connectivity index (χ3n) is 5.42. The molecule has 0 atom stereocenters. The number of hydrogen-bond donors (Lipinski definition) is 0. The van der Waals surface area contributed by atoms with Crippen molar-refractivity contribution >= 4 is 11.6 Å². The molecule has 0 aromatic heterocycles. The maximum Gasteiger partial charge on any atom is 0.0406 e. The Balaban J connectivity index is 1.52. The van der Waals surface area contributed by atoms with E-state index >= 15 is 0 Å². The first-order valence-electron chi connectivity index (χ1n) is 9.52. The number of aryl methyl sites for hydroxylation is 1. The van der Waals surface area contributed by atoms with Gasteiger partial charge in [0.2, 0.25) is 0 Å². The number of halogens is 1. The monoisotopic (exact) mass is 320 g/mol. The predicted molar refractivity (Wildman–Crippen MR) is 98.6 cm³/mol. The Morgan fingerprint density at radius 2 is 1.36 bits per heavy atom. The molecular weight excluding hydrogens is 288 g/mol. The summed E-state index contributed by atoms with van der Waals surface area (Å²) >= 11 is 5.93. The standard InChI is InChI=1S/C21H33Cl/c1-2-3-4-7-18-10-12-19(13-11-18)8-5-6-9-20-14-16-21(22)17-15-20/h14-19H,2-13H2,1H3. The fraction of sp³-hybridized carbons (Fsp3) is 0.714. The van der Waals surface area contributed by atoms with E-state index in [4.69, 9.17) is 11.6 Å². The van der Waals surface area contributed by atoms with E-state index in [2.05, 4.69) is 19.1 Å². The van der Waals surface area contributed by atoms with Crippen LogP contribution >= 0.6 is 11.6 Å².